The largest absolute Gasteiger partial charge is 0.346 e. The molecule has 0 saturated carbocycles. The van der Waals surface area contributed by atoms with Crippen molar-refractivity contribution < 1.29 is 0 Å². The van der Waals surface area contributed by atoms with Crippen LogP contribution in [0.2, 0.25) is 0 Å². The van der Waals surface area contributed by atoms with E-state index in [1.165, 1.54) is 16.8 Å². The van der Waals surface area contributed by atoms with Gasteiger partial charge in [-0.1, -0.05) is 50.3 Å². The SMILES string of the molecule is CC(C)Cc1[nH]c(C2Cc3ccccc32)nc(=S)c1Br. The molecule has 1 atom stereocenters. The van der Waals surface area contributed by atoms with Crippen LogP contribution >= 0.6 is 28.1 Å². The number of rotatable bonds is 3. The highest BCUT2D eigenvalue weighted by molar-refractivity contribution is 9.10. The van der Waals surface area contributed by atoms with Gasteiger partial charge in [-0.3, -0.25) is 0 Å². The Morgan fingerprint density at radius 2 is 2.15 bits per heavy atom. The first-order valence-electron chi connectivity index (χ1n) is 6.92. The molecule has 1 aliphatic rings. The van der Waals surface area contributed by atoms with Crippen LogP contribution in [-0.2, 0) is 12.8 Å². The Bertz CT molecular complexity index is 706. The molecule has 20 heavy (non-hydrogen) atoms. The van der Waals surface area contributed by atoms with Crippen LogP contribution < -0.4 is 0 Å². The van der Waals surface area contributed by atoms with E-state index >= 15 is 0 Å². The third-order valence-electron chi connectivity index (χ3n) is 3.75. The Morgan fingerprint density at radius 3 is 2.85 bits per heavy atom. The van der Waals surface area contributed by atoms with Gasteiger partial charge >= 0.3 is 0 Å². The summed E-state index contributed by atoms with van der Waals surface area (Å²) < 4.78 is 1.61. The van der Waals surface area contributed by atoms with E-state index in [1.54, 1.807) is 0 Å². The summed E-state index contributed by atoms with van der Waals surface area (Å²) in [4.78, 5) is 8.08. The molecule has 1 unspecified atom stereocenters. The number of H-pyrrole nitrogens is 1. The van der Waals surface area contributed by atoms with Crippen molar-refractivity contribution in [3.8, 4) is 0 Å². The predicted molar refractivity (Wildman–Crippen MR) is 87.7 cm³/mol. The lowest BCUT2D eigenvalue weighted by Gasteiger charge is -2.29. The lowest BCUT2D eigenvalue weighted by Crippen LogP contribution is -2.21. The van der Waals surface area contributed by atoms with Gasteiger partial charge in [0.05, 0.1) is 4.47 Å². The van der Waals surface area contributed by atoms with Crippen LogP contribution in [0.4, 0.5) is 0 Å². The number of nitrogens with one attached hydrogen (secondary N) is 1. The first kappa shape index (κ1) is 14.0. The summed E-state index contributed by atoms with van der Waals surface area (Å²) in [6, 6.07) is 8.56. The number of nitrogens with zero attached hydrogens (tertiary/aromatic N) is 1. The molecule has 0 aliphatic heterocycles. The standard InChI is InChI=1S/C16H17BrN2S/c1-9(2)7-13-14(17)16(20)19-15(18-13)12-8-10-5-3-4-6-11(10)12/h3-6,9,12H,7-8H2,1-2H3,(H,18,19,20). The number of aromatic nitrogens is 2. The van der Waals surface area contributed by atoms with Gasteiger partial charge in [-0.25, -0.2) is 4.98 Å². The second-order valence-electron chi connectivity index (χ2n) is 5.77. The van der Waals surface area contributed by atoms with Crippen LogP contribution in [0.5, 0.6) is 0 Å². The quantitative estimate of drug-likeness (QED) is 0.808. The van der Waals surface area contributed by atoms with Gasteiger partial charge in [-0.2, -0.15) is 0 Å². The zero-order valence-electron chi connectivity index (χ0n) is 11.6. The average Bonchev–Trinajstić information content (AvgIpc) is 2.36. The summed E-state index contributed by atoms with van der Waals surface area (Å²) in [5.41, 5.74) is 3.97. The summed E-state index contributed by atoms with van der Waals surface area (Å²) in [5.74, 6) is 1.96. The van der Waals surface area contributed by atoms with Gasteiger partial charge in [-0.15, -0.1) is 0 Å². The lowest BCUT2D eigenvalue weighted by atomic mass is 9.77. The minimum atomic E-state index is 0.368. The van der Waals surface area contributed by atoms with Crippen molar-refractivity contribution in [2.24, 2.45) is 5.92 Å². The third kappa shape index (κ3) is 2.47. The van der Waals surface area contributed by atoms with Crippen molar-refractivity contribution in [2.75, 3.05) is 0 Å². The number of fused-ring (bicyclic) bond motifs is 1. The molecule has 1 aromatic heterocycles. The van der Waals surface area contributed by atoms with Crippen molar-refractivity contribution in [1.29, 1.82) is 0 Å². The summed E-state index contributed by atoms with van der Waals surface area (Å²) >= 11 is 8.96. The van der Waals surface area contributed by atoms with Crippen LogP contribution in [-0.4, -0.2) is 9.97 Å². The number of halogens is 1. The summed E-state index contributed by atoms with van der Waals surface area (Å²) in [5, 5.41) is 0. The van der Waals surface area contributed by atoms with Gasteiger partial charge in [-0.05, 0) is 45.8 Å². The molecule has 0 saturated heterocycles. The molecule has 3 rings (SSSR count). The summed E-state index contributed by atoms with van der Waals surface area (Å²) in [6.07, 6.45) is 2.03. The molecule has 0 amide bonds. The molecule has 2 nitrogen and oxygen atoms in total. The maximum absolute atomic E-state index is 5.39. The van der Waals surface area contributed by atoms with E-state index in [4.69, 9.17) is 12.2 Å². The molecular weight excluding hydrogens is 332 g/mol. The fraction of sp³-hybridized carbons (Fsp3) is 0.375. The topological polar surface area (TPSA) is 28.7 Å². The number of aromatic amines is 1. The Balaban J connectivity index is 2.00. The monoisotopic (exact) mass is 348 g/mol. The fourth-order valence-electron chi connectivity index (χ4n) is 2.74. The first-order valence-corrected chi connectivity index (χ1v) is 8.12. The Kier molecular flexibility index (Phi) is 3.78. The van der Waals surface area contributed by atoms with Gasteiger partial charge in [0.1, 0.15) is 10.5 Å². The fourth-order valence-corrected chi connectivity index (χ4v) is 3.31. The van der Waals surface area contributed by atoms with Crippen molar-refractivity contribution in [3.05, 3.63) is 56.0 Å². The van der Waals surface area contributed by atoms with Crippen LogP contribution in [0.3, 0.4) is 0 Å². The van der Waals surface area contributed by atoms with Gasteiger partial charge in [0.25, 0.3) is 0 Å². The normalized spacial score (nSPS) is 16.9. The van der Waals surface area contributed by atoms with Crippen molar-refractivity contribution in [3.63, 3.8) is 0 Å². The van der Waals surface area contributed by atoms with Crippen molar-refractivity contribution in [2.45, 2.75) is 32.6 Å². The van der Waals surface area contributed by atoms with Gasteiger partial charge in [0.15, 0.2) is 0 Å². The molecule has 4 heteroatoms. The Morgan fingerprint density at radius 1 is 1.40 bits per heavy atom. The maximum atomic E-state index is 5.39. The van der Waals surface area contributed by atoms with Gasteiger partial charge < -0.3 is 4.98 Å². The molecule has 0 radical (unpaired) electrons. The number of benzene rings is 1. The zero-order chi connectivity index (χ0) is 14.3. The van der Waals surface area contributed by atoms with Crippen LogP contribution in [0.15, 0.2) is 28.7 Å². The van der Waals surface area contributed by atoms with Crippen LogP contribution in [0, 0.1) is 10.6 Å². The van der Waals surface area contributed by atoms with E-state index in [2.05, 4.69) is 64.0 Å². The number of hydrogen-bond donors (Lipinski definition) is 1. The zero-order valence-corrected chi connectivity index (χ0v) is 14.0. The maximum Gasteiger partial charge on any atom is 0.144 e. The van der Waals surface area contributed by atoms with Crippen molar-refractivity contribution >= 4 is 28.1 Å². The van der Waals surface area contributed by atoms with Gasteiger partial charge in [0, 0.05) is 11.6 Å². The molecule has 1 N–H and O–H groups in total. The van der Waals surface area contributed by atoms with Crippen LogP contribution in [0.25, 0.3) is 0 Å². The average molecular weight is 349 g/mol. The van der Waals surface area contributed by atoms with E-state index < -0.39 is 0 Å². The Hall–Kier alpha value is -1.00. The van der Waals surface area contributed by atoms with Gasteiger partial charge in [0.2, 0.25) is 0 Å². The predicted octanol–water partition coefficient (Wildman–Crippen LogP) is 4.79. The molecule has 1 heterocycles. The van der Waals surface area contributed by atoms with Crippen molar-refractivity contribution in [1.82, 2.24) is 9.97 Å². The Labute approximate surface area is 132 Å². The molecular formula is C16H17BrN2S. The minimum absolute atomic E-state index is 0.368. The molecule has 0 bridgehead atoms. The summed E-state index contributed by atoms with van der Waals surface area (Å²) in [6.45, 7) is 4.42. The second-order valence-corrected chi connectivity index (χ2v) is 6.95. The van der Waals surface area contributed by atoms with E-state index in [1.807, 2.05) is 0 Å². The minimum Gasteiger partial charge on any atom is -0.346 e. The van der Waals surface area contributed by atoms with E-state index in [9.17, 15) is 0 Å². The highest BCUT2D eigenvalue weighted by atomic mass is 79.9. The second kappa shape index (κ2) is 5.41. The third-order valence-corrected chi connectivity index (χ3v) is 5.16. The molecule has 0 spiro atoms. The molecule has 2 aromatic rings. The molecule has 1 aliphatic carbocycles. The van der Waals surface area contributed by atoms with E-state index in [0.717, 1.165) is 23.1 Å². The summed E-state index contributed by atoms with van der Waals surface area (Å²) in [7, 11) is 0. The lowest BCUT2D eigenvalue weighted by molar-refractivity contribution is 0.608. The molecule has 104 valence electrons. The molecule has 0 fully saturated rings. The highest BCUT2D eigenvalue weighted by Crippen LogP contribution is 2.38. The van der Waals surface area contributed by atoms with E-state index in [0.29, 0.717) is 16.5 Å². The van der Waals surface area contributed by atoms with Crippen LogP contribution in [0.1, 0.15) is 42.4 Å². The van der Waals surface area contributed by atoms with E-state index in [-0.39, 0.29) is 0 Å². The first-order chi connectivity index (χ1) is 9.56. The smallest absolute Gasteiger partial charge is 0.144 e. The highest BCUT2D eigenvalue weighted by Gasteiger charge is 2.29. The molecule has 1 aromatic carbocycles. The number of hydrogen-bond acceptors (Lipinski definition) is 2.